The molecule has 0 saturated heterocycles. The standard InChI is InChI=1S/C15H23N5.HI/c1-11(2)7-8-17-15(16)18-9-13-10-20-12(3)5-4-6-14(20)19-13;/h4-6,10-11H,7-9H2,1-3H3,(H3,16,17,18);1H. The molecule has 3 N–H and O–H groups in total. The number of nitrogens with one attached hydrogen (secondary N) is 1. The number of fused-ring (bicyclic) bond motifs is 1. The summed E-state index contributed by atoms with van der Waals surface area (Å²) in [6.07, 6.45) is 3.10. The van der Waals surface area contributed by atoms with Crippen LogP contribution in [0.25, 0.3) is 5.65 Å². The van der Waals surface area contributed by atoms with Crippen molar-refractivity contribution in [3.8, 4) is 0 Å². The Morgan fingerprint density at radius 3 is 2.86 bits per heavy atom. The molecule has 2 aromatic rings. The van der Waals surface area contributed by atoms with Crippen LogP contribution in [0, 0.1) is 12.8 Å². The van der Waals surface area contributed by atoms with E-state index in [2.05, 4.69) is 46.5 Å². The van der Waals surface area contributed by atoms with E-state index in [1.807, 2.05) is 18.3 Å². The molecule has 2 aromatic heterocycles. The summed E-state index contributed by atoms with van der Waals surface area (Å²) >= 11 is 0. The largest absolute Gasteiger partial charge is 0.370 e. The molecular weight excluding hydrogens is 377 g/mol. The van der Waals surface area contributed by atoms with Crippen molar-refractivity contribution in [2.24, 2.45) is 16.6 Å². The second-order valence-corrected chi connectivity index (χ2v) is 5.44. The van der Waals surface area contributed by atoms with E-state index in [1.54, 1.807) is 0 Å². The summed E-state index contributed by atoms with van der Waals surface area (Å²) in [4.78, 5) is 8.85. The van der Waals surface area contributed by atoms with E-state index in [1.165, 1.54) is 0 Å². The van der Waals surface area contributed by atoms with E-state index in [9.17, 15) is 0 Å². The maximum atomic E-state index is 5.84. The van der Waals surface area contributed by atoms with Crippen LogP contribution in [0.4, 0.5) is 0 Å². The van der Waals surface area contributed by atoms with Crippen LogP contribution >= 0.6 is 24.0 Å². The summed E-state index contributed by atoms with van der Waals surface area (Å²) in [5.74, 6) is 1.15. The minimum absolute atomic E-state index is 0. The molecule has 0 spiro atoms. The molecule has 2 heterocycles. The van der Waals surface area contributed by atoms with Gasteiger partial charge in [0, 0.05) is 18.4 Å². The van der Waals surface area contributed by atoms with Crippen molar-refractivity contribution in [3.63, 3.8) is 0 Å². The monoisotopic (exact) mass is 401 g/mol. The Hall–Kier alpha value is -1.31. The number of aliphatic imine (C=N–C) groups is 1. The van der Waals surface area contributed by atoms with Gasteiger partial charge < -0.3 is 15.5 Å². The molecule has 21 heavy (non-hydrogen) atoms. The molecule has 0 aliphatic heterocycles. The minimum Gasteiger partial charge on any atom is -0.370 e. The van der Waals surface area contributed by atoms with Gasteiger partial charge in [-0.2, -0.15) is 0 Å². The van der Waals surface area contributed by atoms with Crippen molar-refractivity contribution in [2.45, 2.75) is 33.7 Å². The van der Waals surface area contributed by atoms with Crippen LogP contribution in [0.1, 0.15) is 31.7 Å². The lowest BCUT2D eigenvalue weighted by Crippen LogP contribution is -2.32. The van der Waals surface area contributed by atoms with E-state index in [4.69, 9.17) is 5.73 Å². The molecule has 0 saturated carbocycles. The third-order valence-electron chi connectivity index (χ3n) is 3.19. The number of imidazole rings is 1. The lowest BCUT2D eigenvalue weighted by atomic mass is 10.1. The normalized spacial score (nSPS) is 11.7. The Morgan fingerprint density at radius 1 is 1.43 bits per heavy atom. The van der Waals surface area contributed by atoms with Gasteiger partial charge in [0.1, 0.15) is 5.65 Å². The van der Waals surface area contributed by atoms with Crippen molar-refractivity contribution in [1.29, 1.82) is 0 Å². The first kappa shape index (κ1) is 17.7. The smallest absolute Gasteiger partial charge is 0.188 e. The van der Waals surface area contributed by atoms with E-state index in [-0.39, 0.29) is 24.0 Å². The number of nitrogens with two attached hydrogens (primary N) is 1. The quantitative estimate of drug-likeness (QED) is 0.460. The van der Waals surface area contributed by atoms with Gasteiger partial charge in [-0.05, 0) is 31.4 Å². The predicted octanol–water partition coefficient (Wildman–Crippen LogP) is 2.71. The fourth-order valence-electron chi connectivity index (χ4n) is 1.99. The Balaban J connectivity index is 0.00000220. The molecule has 0 aliphatic carbocycles. The second-order valence-electron chi connectivity index (χ2n) is 5.44. The fourth-order valence-corrected chi connectivity index (χ4v) is 1.99. The van der Waals surface area contributed by atoms with Gasteiger partial charge in [0.15, 0.2) is 5.96 Å². The molecule has 0 unspecified atom stereocenters. The molecule has 6 heteroatoms. The van der Waals surface area contributed by atoms with Crippen molar-refractivity contribution < 1.29 is 0 Å². The van der Waals surface area contributed by atoms with Gasteiger partial charge in [-0.3, -0.25) is 0 Å². The lowest BCUT2D eigenvalue weighted by Gasteiger charge is -2.06. The highest BCUT2D eigenvalue weighted by atomic mass is 127. The second kappa shape index (κ2) is 8.21. The van der Waals surface area contributed by atoms with Crippen LogP contribution in [0.5, 0.6) is 0 Å². The molecule has 0 aromatic carbocycles. The number of guanidine groups is 1. The molecule has 0 aliphatic rings. The average Bonchev–Trinajstić information content (AvgIpc) is 2.80. The molecule has 0 radical (unpaired) electrons. The maximum Gasteiger partial charge on any atom is 0.188 e. The van der Waals surface area contributed by atoms with Crippen molar-refractivity contribution in [3.05, 3.63) is 35.8 Å². The van der Waals surface area contributed by atoms with Crippen molar-refractivity contribution in [1.82, 2.24) is 14.7 Å². The lowest BCUT2D eigenvalue weighted by molar-refractivity contribution is 0.576. The first-order valence-electron chi connectivity index (χ1n) is 7.03. The summed E-state index contributed by atoms with van der Waals surface area (Å²) in [5, 5.41) is 3.12. The van der Waals surface area contributed by atoms with Gasteiger partial charge in [0.2, 0.25) is 0 Å². The van der Waals surface area contributed by atoms with E-state index < -0.39 is 0 Å². The Morgan fingerprint density at radius 2 is 2.19 bits per heavy atom. The Kier molecular flexibility index (Phi) is 6.94. The van der Waals surface area contributed by atoms with Crippen molar-refractivity contribution >= 4 is 35.6 Å². The number of rotatable bonds is 5. The average molecular weight is 401 g/mol. The van der Waals surface area contributed by atoms with Gasteiger partial charge in [0.05, 0.1) is 12.2 Å². The zero-order valence-corrected chi connectivity index (χ0v) is 15.2. The van der Waals surface area contributed by atoms with Crippen LogP contribution in [-0.2, 0) is 6.54 Å². The predicted molar refractivity (Wildman–Crippen MR) is 98.1 cm³/mol. The molecule has 0 fully saturated rings. The number of nitrogens with zero attached hydrogens (tertiary/aromatic N) is 3. The van der Waals surface area contributed by atoms with E-state index in [0.717, 1.165) is 30.0 Å². The summed E-state index contributed by atoms with van der Waals surface area (Å²) in [6.45, 7) is 7.80. The van der Waals surface area contributed by atoms with Crippen molar-refractivity contribution in [2.75, 3.05) is 6.54 Å². The third kappa shape index (κ3) is 5.18. The van der Waals surface area contributed by atoms with Crippen LogP contribution in [0.3, 0.4) is 0 Å². The molecule has 0 atom stereocenters. The highest BCUT2D eigenvalue weighted by molar-refractivity contribution is 14.0. The molecular formula is C15H24IN5. The number of aromatic nitrogens is 2. The van der Waals surface area contributed by atoms with Gasteiger partial charge in [-0.1, -0.05) is 19.9 Å². The summed E-state index contributed by atoms with van der Waals surface area (Å²) in [6, 6.07) is 6.06. The maximum absolute atomic E-state index is 5.84. The van der Waals surface area contributed by atoms with Crippen LogP contribution in [0.15, 0.2) is 29.4 Å². The van der Waals surface area contributed by atoms with Gasteiger partial charge >= 0.3 is 0 Å². The molecule has 116 valence electrons. The molecule has 2 rings (SSSR count). The fraction of sp³-hybridized carbons (Fsp3) is 0.467. The zero-order chi connectivity index (χ0) is 14.5. The number of pyridine rings is 1. The van der Waals surface area contributed by atoms with Crippen LogP contribution < -0.4 is 11.1 Å². The van der Waals surface area contributed by atoms with E-state index >= 15 is 0 Å². The highest BCUT2D eigenvalue weighted by Gasteiger charge is 2.02. The Bertz CT molecular complexity index is 603. The number of aryl methyl sites for hydroxylation is 1. The van der Waals surface area contributed by atoms with Gasteiger partial charge in [-0.25, -0.2) is 9.98 Å². The highest BCUT2D eigenvalue weighted by Crippen LogP contribution is 2.09. The number of hydrogen-bond donors (Lipinski definition) is 2. The molecule has 5 nitrogen and oxygen atoms in total. The van der Waals surface area contributed by atoms with Crippen LogP contribution in [-0.4, -0.2) is 21.9 Å². The molecule has 0 bridgehead atoms. The summed E-state index contributed by atoms with van der Waals surface area (Å²) < 4.78 is 2.06. The molecule has 0 amide bonds. The van der Waals surface area contributed by atoms with Crippen LogP contribution in [0.2, 0.25) is 0 Å². The summed E-state index contributed by atoms with van der Waals surface area (Å²) in [5.41, 5.74) is 8.87. The van der Waals surface area contributed by atoms with E-state index in [0.29, 0.717) is 18.4 Å². The number of halogens is 1. The summed E-state index contributed by atoms with van der Waals surface area (Å²) in [7, 11) is 0. The van der Waals surface area contributed by atoms with Gasteiger partial charge in [0.25, 0.3) is 0 Å². The Labute approximate surface area is 143 Å². The first-order valence-corrected chi connectivity index (χ1v) is 7.03. The topological polar surface area (TPSA) is 67.7 Å². The van der Waals surface area contributed by atoms with Gasteiger partial charge in [-0.15, -0.1) is 24.0 Å². The first-order chi connectivity index (χ1) is 9.56. The number of hydrogen-bond acceptors (Lipinski definition) is 2. The minimum atomic E-state index is 0. The SMILES string of the molecule is Cc1cccc2nc(CN=C(N)NCCC(C)C)cn12.I. The third-order valence-corrected chi connectivity index (χ3v) is 3.19. The zero-order valence-electron chi connectivity index (χ0n) is 12.8.